The molecule has 4 nitrogen and oxygen atoms in total. The average molecular weight is 354 g/mol. The number of aldehydes is 1. The van der Waals surface area contributed by atoms with Crippen LogP contribution in [-0.2, 0) is 0 Å². The molecule has 0 unspecified atom stereocenters. The Labute approximate surface area is 148 Å². The van der Waals surface area contributed by atoms with Crippen molar-refractivity contribution in [3.05, 3.63) is 54.0 Å². The van der Waals surface area contributed by atoms with E-state index in [1.54, 1.807) is 6.20 Å². The molecule has 1 aromatic heterocycles. The third kappa shape index (κ3) is 2.89. The zero-order valence-corrected chi connectivity index (χ0v) is 14.1. The molecule has 6 heteroatoms. The number of anilines is 1. The van der Waals surface area contributed by atoms with Crippen LogP contribution in [-0.4, -0.2) is 29.5 Å². The predicted molar refractivity (Wildman–Crippen MR) is 96.8 cm³/mol. The molecule has 2 heterocycles. The Morgan fingerprint density at radius 2 is 1.92 bits per heavy atom. The number of aromatic nitrogens is 1. The van der Waals surface area contributed by atoms with Crippen LogP contribution < -0.4 is 4.90 Å². The average Bonchev–Trinajstić information content (AvgIpc) is 3.06. The second kappa shape index (κ2) is 6.29. The maximum Gasteiger partial charge on any atom is 0.166 e. The van der Waals surface area contributed by atoms with Gasteiger partial charge in [-0.15, -0.1) is 11.3 Å². The number of phenolic OH excluding ortho intramolecular Hbond substituents is 1. The monoisotopic (exact) mass is 354 g/mol. The zero-order chi connectivity index (χ0) is 17.4. The first-order valence-corrected chi connectivity index (χ1v) is 8.76. The lowest BCUT2D eigenvalue weighted by Crippen LogP contribution is -2.36. The van der Waals surface area contributed by atoms with Crippen LogP contribution in [0, 0.1) is 5.82 Å². The van der Waals surface area contributed by atoms with Gasteiger partial charge in [-0.25, -0.2) is 9.37 Å². The van der Waals surface area contributed by atoms with E-state index in [1.165, 1.54) is 35.6 Å². The van der Waals surface area contributed by atoms with Crippen LogP contribution in [0.3, 0.4) is 0 Å². The molecule has 1 fully saturated rings. The van der Waals surface area contributed by atoms with Crippen LogP contribution in [0.4, 0.5) is 10.1 Å². The van der Waals surface area contributed by atoms with Crippen molar-refractivity contribution < 1.29 is 14.3 Å². The molecule has 4 rings (SSSR count). The number of halogens is 1. The summed E-state index contributed by atoms with van der Waals surface area (Å²) >= 11 is 1.42. The number of carbonyl (C=O) groups is 1. The van der Waals surface area contributed by atoms with Gasteiger partial charge in [-0.2, -0.15) is 0 Å². The van der Waals surface area contributed by atoms with Gasteiger partial charge in [0.05, 0.1) is 10.4 Å². The van der Waals surface area contributed by atoms with Gasteiger partial charge in [0.15, 0.2) is 17.9 Å². The number of benzene rings is 2. The first-order valence-electron chi connectivity index (χ1n) is 7.95. The topological polar surface area (TPSA) is 53.4 Å². The number of rotatable bonds is 4. The summed E-state index contributed by atoms with van der Waals surface area (Å²) in [6.45, 7) is 2.21. The predicted octanol–water partition coefficient (Wildman–Crippen LogP) is 4.34. The number of aromatic hydroxyl groups is 1. The highest BCUT2D eigenvalue weighted by Gasteiger charge is 2.15. The minimum Gasteiger partial charge on any atom is -0.504 e. The van der Waals surface area contributed by atoms with E-state index < -0.39 is 11.6 Å². The summed E-state index contributed by atoms with van der Waals surface area (Å²) < 4.78 is 13.8. The van der Waals surface area contributed by atoms with Gasteiger partial charge >= 0.3 is 0 Å². The van der Waals surface area contributed by atoms with E-state index >= 15 is 0 Å². The van der Waals surface area contributed by atoms with Gasteiger partial charge in [0.1, 0.15) is 5.01 Å². The summed E-state index contributed by atoms with van der Waals surface area (Å²) in [4.78, 5) is 18.4. The number of nitrogens with zero attached hydrogens (tertiary/aromatic N) is 2. The minimum atomic E-state index is -0.812. The molecule has 1 N–H and O–H groups in total. The summed E-state index contributed by atoms with van der Waals surface area (Å²) in [5.74, 6) is -1.43. The summed E-state index contributed by atoms with van der Waals surface area (Å²) in [5, 5.41) is 10.4. The fourth-order valence-electron chi connectivity index (χ4n) is 2.78. The number of hydrogen-bond acceptors (Lipinski definition) is 5. The fourth-order valence-corrected chi connectivity index (χ4v) is 3.69. The maximum atomic E-state index is 13.8. The van der Waals surface area contributed by atoms with Crippen molar-refractivity contribution in [2.75, 3.05) is 18.0 Å². The Kier molecular flexibility index (Phi) is 3.97. The van der Waals surface area contributed by atoms with Crippen molar-refractivity contribution in [3.63, 3.8) is 0 Å². The quantitative estimate of drug-likeness (QED) is 0.708. The van der Waals surface area contributed by atoms with Gasteiger partial charge < -0.3 is 10.0 Å². The Bertz CT molecular complexity index is 933. The summed E-state index contributed by atoms with van der Waals surface area (Å²) in [6, 6.07) is 10.9. The van der Waals surface area contributed by atoms with E-state index in [4.69, 9.17) is 0 Å². The van der Waals surface area contributed by atoms with E-state index in [2.05, 4.69) is 22.0 Å². The highest BCUT2D eigenvalue weighted by molar-refractivity contribution is 7.18. The number of phenols is 1. The Balaban J connectivity index is 1.64. The van der Waals surface area contributed by atoms with Gasteiger partial charge in [0.25, 0.3) is 0 Å². The summed E-state index contributed by atoms with van der Waals surface area (Å²) in [5.41, 5.74) is 2.67. The maximum absolute atomic E-state index is 13.8. The molecule has 0 amide bonds. The van der Waals surface area contributed by atoms with Gasteiger partial charge in [-0.3, -0.25) is 4.79 Å². The summed E-state index contributed by atoms with van der Waals surface area (Å²) in [6.07, 6.45) is 3.34. The molecular formula is C19H15FN2O2S. The SMILES string of the molecule is O=Cc1cc(-c2cnc(-c3ccc(N4CCC4)cc3)s2)cc(F)c1O. The normalized spacial score (nSPS) is 13.6. The molecule has 0 spiro atoms. The van der Waals surface area contributed by atoms with Crippen LogP contribution in [0.25, 0.3) is 21.0 Å². The highest BCUT2D eigenvalue weighted by Crippen LogP contribution is 2.35. The van der Waals surface area contributed by atoms with E-state index in [-0.39, 0.29) is 5.56 Å². The second-order valence-electron chi connectivity index (χ2n) is 5.93. The highest BCUT2D eigenvalue weighted by atomic mass is 32.1. The molecule has 2 aromatic carbocycles. The van der Waals surface area contributed by atoms with Crippen LogP contribution >= 0.6 is 11.3 Å². The van der Waals surface area contributed by atoms with Crippen LogP contribution in [0.2, 0.25) is 0 Å². The van der Waals surface area contributed by atoms with Crippen LogP contribution in [0.5, 0.6) is 5.75 Å². The lowest BCUT2D eigenvalue weighted by Gasteiger charge is -2.33. The summed E-state index contributed by atoms with van der Waals surface area (Å²) in [7, 11) is 0. The molecule has 0 aliphatic carbocycles. The van der Waals surface area contributed by atoms with Gasteiger partial charge in [0, 0.05) is 30.5 Å². The molecule has 1 aliphatic heterocycles. The first kappa shape index (κ1) is 15.8. The molecule has 1 saturated heterocycles. The Morgan fingerprint density at radius 3 is 2.56 bits per heavy atom. The first-order chi connectivity index (χ1) is 12.2. The molecule has 1 aliphatic rings. The lowest BCUT2D eigenvalue weighted by atomic mass is 10.1. The van der Waals surface area contributed by atoms with Crippen LogP contribution in [0.15, 0.2) is 42.6 Å². The fraction of sp³-hybridized carbons (Fsp3) is 0.158. The third-order valence-electron chi connectivity index (χ3n) is 4.35. The van der Waals surface area contributed by atoms with Crippen molar-refractivity contribution in [3.8, 4) is 26.8 Å². The molecular weight excluding hydrogens is 339 g/mol. The molecule has 126 valence electrons. The molecule has 0 radical (unpaired) electrons. The van der Waals surface area contributed by atoms with Crippen molar-refractivity contribution >= 4 is 23.3 Å². The van der Waals surface area contributed by atoms with Gasteiger partial charge in [-0.05, 0) is 48.4 Å². The Morgan fingerprint density at radius 1 is 1.16 bits per heavy atom. The van der Waals surface area contributed by atoms with Crippen molar-refractivity contribution in [2.24, 2.45) is 0 Å². The zero-order valence-electron chi connectivity index (χ0n) is 13.3. The molecule has 3 aromatic rings. The van der Waals surface area contributed by atoms with Crippen molar-refractivity contribution in [2.45, 2.75) is 6.42 Å². The molecule has 0 saturated carbocycles. The Hall–Kier alpha value is -2.73. The number of thiazole rings is 1. The molecule has 0 atom stereocenters. The smallest absolute Gasteiger partial charge is 0.166 e. The molecule has 25 heavy (non-hydrogen) atoms. The largest absolute Gasteiger partial charge is 0.504 e. The van der Waals surface area contributed by atoms with E-state index in [1.807, 2.05) is 12.1 Å². The lowest BCUT2D eigenvalue weighted by molar-refractivity contribution is 0.112. The second-order valence-corrected chi connectivity index (χ2v) is 6.96. The van der Waals surface area contributed by atoms with Gasteiger partial charge in [-0.1, -0.05) is 0 Å². The van der Waals surface area contributed by atoms with E-state index in [9.17, 15) is 14.3 Å². The third-order valence-corrected chi connectivity index (χ3v) is 5.44. The number of carbonyl (C=O) groups excluding carboxylic acids is 1. The minimum absolute atomic E-state index is 0.0659. The molecule has 0 bridgehead atoms. The van der Waals surface area contributed by atoms with Crippen LogP contribution in [0.1, 0.15) is 16.8 Å². The van der Waals surface area contributed by atoms with E-state index in [0.29, 0.717) is 11.8 Å². The van der Waals surface area contributed by atoms with E-state index in [0.717, 1.165) is 28.5 Å². The standard InChI is InChI=1S/C19H15FN2O2S/c20-16-9-13(8-14(11-23)18(16)24)17-10-21-19(25-17)12-2-4-15(5-3-12)22-6-1-7-22/h2-5,8-11,24H,1,6-7H2. The van der Waals surface area contributed by atoms with Gasteiger partial charge in [0.2, 0.25) is 0 Å². The van der Waals surface area contributed by atoms with Crippen molar-refractivity contribution in [1.82, 2.24) is 4.98 Å². The number of hydrogen-bond donors (Lipinski definition) is 1. The van der Waals surface area contributed by atoms with Crippen molar-refractivity contribution in [1.29, 1.82) is 0 Å².